The van der Waals surface area contributed by atoms with E-state index in [0.29, 0.717) is 17.4 Å². The number of carboxylic acid groups (broad SMARTS) is 1. The first-order valence-corrected chi connectivity index (χ1v) is 7.64. The SMILES string of the molecule is O=C(O)c1n[nH]c2ccc(NCc3cccc4ccccc34)cc12. The highest BCUT2D eigenvalue weighted by Crippen LogP contribution is 2.23. The number of carboxylic acids is 1. The normalized spacial score (nSPS) is 11.0. The highest BCUT2D eigenvalue weighted by molar-refractivity contribution is 6.01. The third-order valence-electron chi connectivity index (χ3n) is 4.13. The Hall–Kier alpha value is -3.34. The second-order valence-electron chi connectivity index (χ2n) is 5.63. The minimum atomic E-state index is -1.03. The standard InChI is InChI=1S/C19H15N3O2/c23-19(24)18-16-10-14(8-9-17(16)21-22-18)20-11-13-6-3-5-12-4-1-2-7-15(12)13/h1-10,20H,11H2,(H,21,22)(H,23,24). The summed E-state index contributed by atoms with van der Waals surface area (Å²) >= 11 is 0. The molecule has 5 nitrogen and oxygen atoms in total. The molecule has 0 radical (unpaired) electrons. The fraction of sp³-hybridized carbons (Fsp3) is 0.0526. The number of aromatic nitrogens is 2. The minimum Gasteiger partial charge on any atom is -0.476 e. The molecule has 0 aliphatic heterocycles. The number of fused-ring (bicyclic) bond motifs is 2. The van der Waals surface area contributed by atoms with Gasteiger partial charge < -0.3 is 10.4 Å². The molecule has 0 saturated carbocycles. The number of benzene rings is 3. The maximum Gasteiger partial charge on any atom is 0.357 e. The second kappa shape index (κ2) is 5.70. The average molecular weight is 317 g/mol. The topological polar surface area (TPSA) is 78.0 Å². The molecule has 4 rings (SSSR count). The molecule has 1 heterocycles. The van der Waals surface area contributed by atoms with Crippen LogP contribution < -0.4 is 5.32 Å². The van der Waals surface area contributed by atoms with E-state index in [1.165, 1.54) is 16.3 Å². The lowest BCUT2D eigenvalue weighted by molar-refractivity contribution is 0.0692. The zero-order chi connectivity index (χ0) is 16.5. The minimum absolute atomic E-state index is 0.0406. The summed E-state index contributed by atoms with van der Waals surface area (Å²) in [5.74, 6) is -1.03. The lowest BCUT2D eigenvalue weighted by Gasteiger charge is -2.09. The van der Waals surface area contributed by atoms with Crippen molar-refractivity contribution < 1.29 is 9.90 Å². The lowest BCUT2D eigenvalue weighted by Crippen LogP contribution is -2.00. The van der Waals surface area contributed by atoms with E-state index in [1.807, 2.05) is 36.4 Å². The second-order valence-corrected chi connectivity index (χ2v) is 5.63. The van der Waals surface area contributed by atoms with Gasteiger partial charge in [0.25, 0.3) is 0 Å². The third-order valence-corrected chi connectivity index (χ3v) is 4.13. The Morgan fingerprint density at radius 2 is 1.88 bits per heavy atom. The fourth-order valence-electron chi connectivity index (χ4n) is 2.93. The van der Waals surface area contributed by atoms with Gasteiger partial charge in [-0.1, -0.05) is 42.5 Å². The number of hydrogen-bond donors (Lipinski definition) is 3. The number of hydrogen-bond acceptors (Lipinski definition) is 3. The quantitative estimate of drug-likeness (QED) is 0.531. The van der Waals surface area contributed by atoms with Crippen LogP contribution in [0, 0.1) is 0 Å². The molecule has 0 spiro atoms. The van der Waals surface area contributed by atoms with Crippen molar-refractivity contribution in [1.29, 1.82) is 0 Å². The highest BCUT2D eigenvalue weighted by Gasteiger charge is 2.12. The lowest BCUT2D eigenvalue weighted by atomic mass is 10.0. The smallest absolute Gasteiger partial charge is 0.357 e. The maximum atomic E-state index is 11.2. The summed E-state index contributed by atoms with van der Waals surface area (Å²) in [5.41, 5.74) is 2.81. The van der Waals surface area contributed by atoms with E-state index in [9.17, 15) is 9.90 Å². The summed E-state index contributed by atoms with van der Waals surface area (Å²) in [6.45, 7) is 0.660. The molecular formula is C19H15N3O2. The molecule has 4 aromatic rings. The first-order chi connectivity index (χ1) is 11.7. The van der Waals surface area contributed by atoms with Crippen molar-refractivity contribution in [3.63, 3.8) is 0 Å². The van der Waals surface area contributed by atoms with Crippen LogP contribution in [0.2, 0.25) is 0 Å². The molecule has 5 heteroatoms. The Kier molecular flexibility index (Phi) is 3.39. The molecule has 3 aromatic carbocycles. The molecule has 0 bridgehead atoms. The number of anilines is 1. The van der Waals surface area contributed by atoms with Crippen LogP contribution in [-0.4, -0.2) is 21.3 Å². The average Bonchev–Trinajstić information content (AvgIpc) is 3.03. The van der Waals surface area contributed by atoms with Crippen LogP contribution in [0.3, 0.4) is 0 Å². The fourth-order valence-corrected chi connectivity index (χ4v) is 2.93. The summed E-state index contributed by atoms with van der Waals surface area (Å²) in [4.78, 5) is 11.2. The Bertz CT molecular complexity index is 1050. The van der Waals surface area contributed by atoms with Gasteiger partial charge in [-0.15, -0.1) is 0 Å². The summed E-state index contributed by atoms with van der Waals surface area (Å²) in [6, 6.07) is 20.0. The maximum absolute atomic E-state index is 11.2. The molecule has 0 atom stereocenters. The highest BCUT2D eigenvalue weighted by atomic mass is 16.4. The van der Waals surface area contributed by atoms with Gasteiger partial charge >= 0.3 is 5.97 Å². The van der Waals surface area contributed by atoms with E-state index in [2.05, 4.69) is 39.8 Å². The number of H-pyrrole nitrogens is 1. The van der Waals surface area contributed by atoms with Crippen LogP contribution >= 0.6 is 0 Å². The first-order valence-electron chi connectivity index (χ1n) is 7.64. The molecule has 1 aromatic heterocycles. The van der Waals surface area contributed by atoms with Crippen LogP contribution in [0.4, 0.5) is 5.69 Å². The van der Waals surface area contributed by atoms with Crippen LogP contribution in [0.15, 0.2) is 60.7 Å². The predicted molar refractivity (Wildman–Crippen MR) is 94.3 cm³/mol. The van der Waals surface area contributed by atoms with Crippen molar-refractivity contribution in [2.24, 2.45) is 0 Å². The van der Waals surface area contributed by atoms with Gasteiger partial charge in [0.15, 0.2) is 5.69 Å². The summed E-state index contributed by atoms with van der Waals surface area (Å²) < 4.78 is 0. The molecule has 0 aliphatic rings. The van der Waals surface area contributed by atoms with Crippen molar-refractivity contribution >= 4 is 33.3 Å². The Balaban J connectivity index is 1.64. The van der Waals surface area contributed by atoms with Gasteiger partial charge in [-0.3, -0.25) is 5.10 Å². The molecule has 24 heavy (non-hydrogen) atoms. The van der Waals surface area contributed by atoms with Crippen LogP contribution in [0.1, 0.15) is 16.1 Å². The van der Waals surface area contributed by atoms with Gasteiger partial charge in [0.2, 0.25) is 0 Å². The number of rotatable bonds is 4. The van der Waals surface area contributed by atoms with E-state index < -0.39 is 5.97 Å². The molecule has 0 aliphatic carbocycles. The van der Waals surface area contributed by atoms with Crippen molar-refractivity contribution in [3.8, 4) is 0 Å². The van der Waals surface area contributed by atoms with Crippen molar-refractivity contribution in [3.05, 3.63) is 71.9 Å². The first kappa shape index (κ1) is 14.3. The number of aromatic carboxylic acids is 1. The van der Waals surface area contributed by atoms with Gasteiger partial charge in [-0.05, 0) is 34.5 Å². The van der Waals surface area contributed by atoms with Gasteiger partial charge in [-0.2, -0.15) is 5.10 Å². The van der Waals surface area contributed by atoms with E-state index in [-0.39, 0.29) is 5.69 Å². The molecule has 118 valence electrons. The summed E-state index contributed by atoms with van der Waals surface area (Å²) in [6.07, 6.45) is 0. The number of carbonyl (C=O) groups is 1. The van der Waals surface area contributed by atoms with E-state index in [0.717, 1.165) is 5.69 Å². The predicted octanol–water partition coefficient (Wildman–Crippen LogP) is 4.03. The van der Waals surface area contributed by atoms with Crippen molar-refractivity contribution in [1.82, 2.24) is 10.2 Å². The largest absolute Gasteiger partial charge is 0.476 e. The van der Waals surface area contributed by atoms with Crippen LogP contribution in [0.5, 0.6) is 0 Å². The number of nitrogens with zero attached hydrogens (tertiary/aromatic N) is 1. The molecular weight excluding hydrogens is 302 g/mol. The Morgan fingerprint density at radius 1 is 1.04 bits per heavy atom. The molecule has 3 N–H and O–H groups in total. The van der Waals surface area contributed by atoms with Gasteiger partial charge in [0, 0.05) is 17.6 Å². The summed E-state index contributed by atoms with van der Waals surface area (Å²) in [7, 11) is 0. The van der Waals surface area contributed by atoms with Crippen molar-refractivity contribution in [2.45, 2.75) is 6.54 Å². The van der Waals surface area contributed by atoms with E-state index in [4.69, 9.17) is 0 Å². The van der Waals surface area contributed by atoms with E-state index >= 15 is 0 Å². The zero-order valence-corrected chi connectivity index (χ0v) is 12.8. The monoisotopic (exact) mass is 317 g/mol. The Labute approximate surface area is 137 Å². The number of aromatic amines is 1. The van der Waals surface area contributed by atoms with Crippen molar-refractivity contribution in [2.75, 3.05) is 5.32 Å². The Morgan fingerprint density at radius 3 is 2.75 bits per heavy atom. The van der Waals surface area contributed by atoms with Gasteiger partial charge in [-0.25, -0.2) is 4.79 Å². The molecule has 0 saturated heterocycles. The third kappa shape index (κ3) is 2.46. The molecule has 0 amide bonds. The van der Waals surface area contributed by atoms with Crippen LogP contribution in [0.25, 0.3) is 21.7 Å². The van der Waals surface area contributed by atoms with E-state index in [1.54, 1.807) is 0 Å². The molecule has 0 fully saturated rings. The molecule has 0 unspecified atom stereocenters. The number of nitrogens with one attached hydrogen (secondary N) is 2. The summed E-state index contributed by atoms with van der Waals surface area (Å²) in [5, 5.41) is 22.1. The van der Waals surface area contributed by atoms with Gasteiger partial charge in [0.1, 0.15) is 0 Å². The van der Waals surface area contributed by atoms with Gasteiger partial charge in [0.05, 0.1) is 5.52 Å². The zero-order valence-electron chi connectivity index (χ0n) is 12.8. The van der Waals surface area contributed by atoms with Crippen LogP contribution in [-0.2, 0) is 6.54 Å².